The molecular formula is C18H19N3O3. The van der Waals surface area contributed by atoms with Gasteiger partial charge in [0.15, 0.2) is 0 Å². The first-order chi connectivity index (χ1) is 11.7. The number of carbonyl (C=O) groups excluding carboxylic acids is 1. The van der Waals surface area contributed by atoms with E-state index in [2.05, 4.69) is 9.97 Å². The van der Waals surface area contributed by atoms with Crippen molar-refractivity contribution in [3.05, 3.63) is 51.9 Å². The molecule has 1 unspecified atom stereocenters. The van der Waals surface area contributed by atoms with E-state index in [-0.39, 0.29) is 17.6 Å². The van der Waals surface area contributed by atoms with Crippen molar-refractivity contribution in [3.8, 4) is 11.4 Å². The van der Waals surface area contributed by atoms with Gasteiger partial charge in [0, 0.05) is 25.1 Å². The van der Waals surface area contributed by atoms with Crippen LogP contribution in [0, 0.1) is 0 Å². The standard InChI is InChI=1S/C18H19N3O3/c22-17-13-11-21(18(23)15-7-4-10-24-15)9-8-14(13)19-16(20-17)12-5-2-1-3-6-12/h1-3,5-6,15H,4,7-11H2,(H,19,20,22). The minimum atomic E-state index is -0.345. The Kier molecular flexibility index (Phi) is 3.90. The Morgan fingerprint density at radius 3 is 2.88 bits per heavy atom. The van der Waals surface area contributed by atoms with Gasteiger partial charge in [-0.25, -0.2) is 4.98 Å². The summed E-state index contributed by atoms with van der Waals surface area (Å²) in [6, 6.07) is 9.59. The molecule has 124 valence electrons. The van der Waals surface area contributed by atoms with Gasteiger partial charge in [-0.3, -0.25) is 9.59 Å². The molecule has 0 bridgehead atoms. The number of amides is 1. The van der Waals surface area contributed by atoms with E-state index in [0.717, 1.165) is 24.1 Å². The maximum Gasteiger partial charge on any atom is 0.256 e. The van der Waals surface area contributed by atoms with E-state index < -0.39 is 0 Å². The molecule has 0 saturated carbocycles. The average Bonchev–Trinajstić information content (AvgIpc) is 3.16. The molecule has 2 aromatic rings. The van der Waals surface area contributed by atoms with Crippen LogP contribution in [0.2, 0.25) is 0 Å². The lowest BCUT2D eigenvalue weighted by Crippen LogP contribution is -2.44. The molecule has 2 aliphatic heterocycles. The van der Waals surface area contributed by atoms with Crippen molar-refractivity contribution in [2.75, 3.05) is 13.2 Å². The van der Waals surface area contributed by atoms with E-state index in [1.165, 1.54) is 0 Å². The first-order valence-corrected chi connectivity index (χ1v) is 8.30. The minimum Gasteiger partial charge on any atom is -0.368 e. The van der Waals surface area contributed by atoms with Gasteiger partial charge in [0.25, 0.3) is 11.5 Å². The molecule has 1 saturated heterocycles. The summed E-state index contributed by atoms with van der Waals surface area (Å²) in [7, 11) is 0. The van der Waals surface area contributed by atoms with Crippen LogP contribution in [-0.2, 0) is 22.5 Å². The van der Waals surface area contributed by atoms with Crippen molar-refractivity contribution in [3.63, 3.8) is 0 Å². The van der Waals surface area contributed by atoms with Crippen LogP contribution in [0.25, 0.3) is 11.4 Å². The summed E-state index contributed by atoms with van der Waals surface area (Å²) in [5, 5.41) is 0. The molecule has 1 atom stereocenters. The maximum absolute atomic E-state index is 12.5. The van der Waals surface area contributed by atoms with E-state index in [1.807, 2.05) is 30.3 Å². The molecule has 1 N–H and O–H groups in total. The smallest absolute Gasteiger partial charge is 0.256 e. The summed E-state index contributed by atoms with van der Waals surface area (Å²) >= 11 is 0. The summed E-state index contributed by atoms with van der Waals surface area (Å²) in [5.41, 5.74) is 2.10. The lowest BCUT2D eigenvalue weighted by atomic mass is 10.1. The highest BCUT2D eigenvalue weighted by atomic mass is 16.5. The molecular weight excluding hydrogens is 306 g/mol. The number of aromatic nitrogens is 2. The zero-order valence-electron chi connectivity index (χ0n) is 13.3. The number of H-pyrrole nitrogens is 1. The molecule has 24 heavy (non-hydrogen) atoms. The quantitative estimate of drug-likeness (QED) is 0.908. The molecule has 1 aromatic heterocycles. The highest BCUT2D eigenvalue weighted by molar-refractivity contribution is 5.81. The van der Waals surface area contributed by atoms with Crippen molar-refractivity contribution in [2.24, 2.45) is 0 Å². The number of carbonyl (C=O) groups is 1. The number of ether oxygens (including phenoxy) is 1. The number of benzene rings is 1. The van der Waals surface area contributed by atoms with Gasteiger partial charge in [0.2, 0.25) is 0 Å². The summed E-state index contributed by atoms with van der Waals surface area (Å²) < 4.78 is 5.47. The number of hydrogen-bond acceptors (Lipinski definition) is 4. The first-order valence-electron chi connectivity index (χ1n) is 8.30. The molecule has 1 aromatic carbocycles. The Labute approximate surface area is 139 Å². The van der Waals surface area contributed by atoms with Crippen molar-refractivity contribution in [1.82, 2.24) is 14.9 Å². The molecule has 4 rings (SSSR count). The zero-order valence-corrected chi connectivity index (χ0v) is 13.3. The van der Waals surface area contributed by atoms with Crippen molar-refractivity contribution < 1.29 is 9.53 Å². The normalized spacial score (nSPS) is 20.0. The molecule has 0 spiro atoms. The highest BCUT2D eigenvalue weighted by Crippen LogP contribution is 2.21. The third kappa shape index (κ3) is 2.73. The number of aromatic amines is 1. The zero-order chi connectivity index (χ0) is 16.5. The SMILES string of the molecule is O=C(C1CCCO1)N1CCc2nc(-c3ccccc3)[nH]c(=O)c2C1. The summed E-state index contributed by atoms with van der Waals surface area (Å²) in [4.78, 5) is 34.1. The van der Waals surface area contributed by atoms with E-state index in [4.69, 9.17) is 4.74 Å². The molecule has 0 aliphatic carbocycles. The van der Waals surface area contributed by atoms with Gasteiger partial charge >= 0.3 is 0 Å². The van der Waals surface area contributed by atoms with Gasteiger partial charge in [0.05, 0.1) is 17.8 Å². The van der Waals surface area contributed by atoms with Crippen LogP contribution < -0.4 is 5.56 Å². The third-order valence-electron chi connectivity index (χ3n) is 4.63. The predicted octanol–water partition coefficient (Wildman–Crippen LogP) is 1.50. The van der Waals surface area contributed by atoms with E-state index in [1.54, 1.807) is 4.90 Å². The van der Waals surface area contributed by atoms with Gasteiger partial charge in [-0.2, -0.15) is 0 Å². The molecule has 1 fully saturated rings. The van der Waals surface area contributed by atoms with Crippen molar-refractivity contribution in [2.45, 2.75) is 31.9 Å². The largest absolute Gasteiger partial charge is 0.368 e. The number of nitrogens with one attached hydrogen (secondary N) is 1. The van der Waals surface area contributed by atoms with Gasteiger partial charge in [0.1, 0.15) is 11.9 Å². The third-order valence-corrected chi connectivity index (χ3v) is 4.63. The minimum absolute atomic E-state index is 0.00955. The Hall–Kier alpha value is -2.47. The van der Waals surface area contributed by atoms with Gasteiger partial charge in [-0.05, 0) is 12.8 Å². The molecule has 3 heterocycles. The number of hydrogen-bond donors (Lipinski definition) is 1. The highest BCUT2D eigenvalue weighted by Gasteiger charge is 2.31. The van der Waals surface area contributed by atoms with E-state index in [0.29, 0.717) is 37.5 Å². The fraction of sp³-hybridized carbons (Fsp3) is 0.389. The summed E-state index contributed by atoms with van der Waals surface area (Å²) in [5.74, 6) is 0.572. The second-order valence-corrected chi connectivity index (χ2v) is 6.22. The lowest BCUT2D eigenvalue weighted by Gasteiger charge is -2.29. The molecule has 1 amide bonds. The van der Waals surface area contributed by atoms with Crippen molar-refractivity contribution in [1.29, 1.82) is 0 Å². The second kappa shape index (κ2) is 6.20. The maximum atomic E-state index is 12.5. The van der Waals surface area contributed by atoms with Crippen LogP contribution in [0.15, 0.2) is 35.1 Å². The Balaban J connectivity index is 1.61. The number of fused-ring (bicyclic) bond motifs is 1. The fourth-order valence-electron chi connectivity index (χ4n) is 3.32. The number of nitrogens with zero attached hydrogens (tertiary/aromatic N) is 2. The Bertz CT molecular complexity index is 810. The molecule has 2 aliphatic rings. The monoisotopic (exact) mass is 325 g/mol. The van der Waals surface area contributed by atoms with Crippen LogP contribution >= 0.6 is 0 Å². The Morgan fingerprint density at radius 2 is 2.12 bits per heavy atom. The predicted molar refractivity (Wildman–Crippen MR) is 88.4 cm³/mol. The molecule has 0 radical (unpaired) electrons. The van der Waals surface area contributed by atoms with Crippen LogP contribution in [0.3, 0.4) is 0 Å². The molecule has 6 nitrogen and oxygen atoms in total. The lowest BCUT2D eigenvalue weighted by molar-refractivity contribution is -0.141. The van der Waals surface area contributed by atoms with Crippen LogP contribution in [-0.4, -0.2) is 40.0 Å². The summed E-state index contributed by atoms with van der Waals surface area (Å²) in [6.45, 7) is 1.53. The van der Waals surface area contributed by atoms with Gasteiger partial charge < -0.3 is 14.6 Å². The number of rotatable bonds is 2. The Morgan fingerprint density at radius 1 is 1.29 bits per heavy atom. The topological polar surface area (TPSA) is 75.3 Å². The van der Waals surface area contributed by atoms with Crippen LogP contribution in [0.4, 0.5) is 0 Å². The van der Waals surface area contributed by atoms with Gasteiger partial charge in [-0.15, -0.1) is 0 Å². The first kappa shape index (κ1) is 15.1. The fourth-order valence-corrected chi connectivity index (χ4v) is 3.32. The second-order valence-electron chi connectivity index (χ2n) is 6.22. The van der Waals surface area contributed by atoms with E-state index >= 15 is 0 Å². The molecule has 6 heteroatoms. The van der Waals surface area contributed by atoms with E-state index in [9.17, 15) is 9.59 Å². The summed E-state index contributed by atoms with van der Waals surface area (Å²) in [6.07, 6.45) is 1.94. The average molecular weight is 325 g/mol. The van der Waals surface area contributed by atoms with Crippen molar-refractivity contribution >= 4 is 5.91 Å². The van der Waals surface area contributed by atoms with Crippen LogP contribution in [0.5, 0.6) is 0 Å². The van der Waals surface area contributed by atoms with Crippen LogP contribution in [0.1, 0.15) is 24.1 Å². The van der Waals surface area contributed by atoms with Gasteiger partial charge in [-0.1, -0.05) is 30.3 Å².